The van der Waals surface area contributed by atoms with Crippen LogP contribution in [0, 0.1) is 5.82 Å². The van der Waals surface area contributed by atoms with E-state index >= 15 is 0 Å². The molecule has 0 aromatic heterocycles. The largest absolute Gasteiger partial charge is 0.206 e. The lowest BCUT2D eigenvalue weighted by molar-refractivity contribution is 0.599. The van der Waals surface area contributed by atoms with Gasteiger partial charge in [0.15, 0.2) is 0 Å². The molecule has 0 fully saturated rings. The van der Waals surface area contributed by atoms with Crippen LogP contribution >= 0.6 is 12.6 Å². The van der Waals surface area contributed by atoms with Gasteiger partial charge in [0.25, 0.3) is 0 Å². The number of hydrogen-bond acceptors (Lipinski definition) is 1. The molecule has 0 spiro atoms. The van der Waals surface area contributed by atoms with E-state index in [1.807, 2.05) is 6.07 Å². The molecule has 0 aliphatic rings. The number of rotatable bonds is 3. The van der Waals surface area contributed by atoms with Gasteiger partial charge in [-0.25, -0.2) is 4.39 Å². The fourth-order valence-corrected chi connectivity index (χ4v) is 1.23. The van der Waals surface area contributed by atoms with Crippen molar-refractivity contribution in [2.45, 2.75) is 31.1 Å². The van der Waals surface area contributed by atoms with Crippen molar-refractivity contribution >= 4 is 12.6 Å². The van der Waals surface area contributed by atoms with Crippen molar-refractivity contribution in [2.75, 3.05) is 0 Å². The first kappa shape index (κ1) is 9.59. The summed E-state index contributed by atoms with van der Waals surface area (Å²) >= 11 is 3.96. The second kappa shape index (κ2) is 4.51. The Morgan fingerprint density at radius 2 is 2.17 bits per heavy atom. The molecule has 66 valence electrons. The van der Waals surface area contributed by atoms with E-state index in [1.54, 1.807) is 12.1 Å². The van der Waals surface area contributed by atoms with E-state index in [9.17, 15) is 4.39 Å². The highest BCUT2D eigenvalue weighted by atomic mass is 32.1. The van der Waals surface area contributed by atoms with Crippen LogP contribution in [0.4, 0.5) is 4.39 Å². The Balaban J connectivity index is 2.69. The fourth-order valence-electron chi connectivity index (χ4n) is 1.09. The smallest absolute Gasteiger partial charge is 0.136 e. The van der Waals surface area contributed by atoms with Gasteiger partial charge in [0.1, 0.15) is 5.82 Å². The quantitative estimate of drug-likeness (QED) is 0.683. The van der Waals surface area contributed by atoms with Crippen LogP contribution in [0.3, 0.4) is 0 Å². The van der Waals surface area contributed by atoms with Crippen LogP contribution in [0.2, 0.25) is 0 Å². The number of aryl methyl sites for hydroxylation is 1. The first-order valence-electron chi connectivity index (χ1n) is 4.21. The predicted octanol–water partition coefficient (Wildman–Crippen LogP) is 3.46. The molecule has 0 bridgehead atoms. The molecule has 12 heavy (non-hydrogen) atoms. The van der Waals surface area contributed by atoms with Gasteiger partial charge in [-0.2, -0.15) is 0 Å². The van der Waals surface area contributed by atoms with Crippen LogP contribution in [0.5, 0.6) is 0 Å². The normalized spacial score (nSPS) is 10.2. The monoisotopic (exact) mass is 184 g/mol. The zero-order valence-electron chi connectivity index (χ0n) is 7.18. The van der Waals surface area contributed by atoms with Gasteiger partial charge in [-0.3, -0.25) is 0 Å². The summed E-state index contributed by atoms with van der Waals surface area (Å²) in [6.45, 7) is 2.13. The number of unbranched alkanes of at least 4 members (excludes halogenated alkanes) is 1. The maximum atomic E-state index is 12.9. The zero-order valence-corrected chi connectivity index (χ0v) is 8.07. The Morgan fingerprint density at radius 1 is 1.42 bits per heavy atom. The summed E-state index contributed by atoms with van der Waals surface area (Å²) in [6.07, 6.45) is 3.22. The third kappa shape index (κ3) is 2.52. The van der Waals surface area contributed by atoms with E-state index < -0.39 is 0 Å². The molecule has 1 rings (SSSR count). The zero-order chi connectivity index (χ0) is 8.97. The second-order valence-electron chi connectivity index (χ2n) is 2.89. The minimum atomic E-state index is -0.216. The average Bonchev–Trinajstić information content (AvgIpc) is 2.07. The highest BCUT2D eigenvalue weighted by Gasteiger charge is 1.98. The van der Waals surface area contributed by atoms with Gasteiger partial charge < -0.3 is 0 Å². The third-order valence-electron chi connectivity index (χ3n) is 1.83. The highest BCUT2D eigenvalue weighted by molar-refractivity contribution is 7.80. The van der Waals surface area contributed by atoms with Crippen molar-refractivity contribution in [1.29, 1.82) is 0 Å². The van der Waals surface area contributed by atoms with Crippen molar-refractivity contribution in [2.24, 2.45) is 0 Å². The molecule has 0 aliphatic carbocycles. The van der Waals surface area contributed by atoms with Gasteiger partial charge in [0, 0.05) is 4.90 Å². The lowest BCUT2D eigenvalue weighted by Gasteiger charge is -2.00. The summed E-state index contributed by atoms with van der Waals surface area (Å²) in [6, 6.07) is 5.21. The van der Waals surface area contributed by atoms with Crippen molar-refractivity contribution in [3.8, 4) is 0 Å². The first-order valence-corrected chi connectivity index (χ1v) is 4.66. The number of halogens is 1. The van der Waals surface area contributed by atoms with Gasteiger partial charge in [0.2, 0.25) is 0 Å². The fraction of sp³-hybridized carbons (Fsp3) is 0.400. The number of thiol groups is 1. The Kier molecular flexibility index (Phi) is 3.60. The Morgan fingerprint density at radius 3 is 2.75 bits per heavy atom. The van der Waals surface area contributed by atoms with Gasteiger partial charge in [-0.05, 0) is 30.5 Å². The Bertz CT molecular complexity index is 258. The standard InChI is InChI=1S/C10H13FS/c1-2-3-4-8-5-6-10(12)9(11)7-8/h5-7,12H,2-4H2,1H3. The summed E-state index contributed by atoms with van der Waals surface area (Å²) < 4.78 is 12.9. The molecule has 1 aromatic rings. The molecule has 0 saturated carbocycles. The summed E-state index contributed by atoms with van der Waals surface area (Å²) in [5, 5.41) is 0. The maximum absolute atomic E-state index is 12.9. The summed E-state index contributed by atoms with van der Waals surface area (Å²) in [5.41, 5.74) is 1.06. The molecular formula is C10H13FS. The Labute approximate surface area is 78.2 Å². The van der Waals surface area contributed by atoms with Crippen LogP contribution < -0.4 is 0 Å². The number of hydrogen-bond donors (Lipinski definition) is 1. The molecule has 1 aromatic carbocycles. The first-order chi connectivity index (χ1) is 5.74. The molecule has 2 heteroatoms. The molecular weight excluding hydrogens is 171 g/mol. The van der Waals surface area contributed by atoms with Crippen LogP contribution in [0.15, 0.2) is 23.1 Å². The predicted molar refractivity (Wildman–Crippen MR) is 52.3 cm³/mol. The van der Waals surface area contributed by atoms with E-state index in [0.29, 0.717) is 4.90 Å². The van der Waals surface area contributed by atoms with Crippen LogP contribution in [-0.2, 0) is 6.42 Å². The minimum absolute atomic E-state index is 0.216. The minimum Gasteiger partial charge on any atom is -0.206 e. The molecule has 0 N–H and O–H groups in total. The van der Waals surface area contributed by atoms with Crippen LogP contribution in [0.1, 0.15) is 25.3 Å². The molecule has 0 heterocycles. The number of benzene rings is 1. The SMILES string of the molecule is CCCCc1ccc(S)c(F)c1. The van der Waals surface area contributed by atoms with Crippen molar-refractivity contribution in [3.05, 3.63) is 29.6 Å². The molecule has 0 atom stereocenters. The van der Waals surface area contributed by atoms with E-state index in [-0.39, 0.29) is 5.82 Å². The van der Waals surface area contributed by atoms with Gasteiger partial charge in [0.05, 0.1) is 0 Å². The van der Waals surface area contributed by atoms with Crippen molar-refractivity contribution < 1.29 is 4.39 Å². The van der Waals surface area contributed by atoms with E-state index in [4.69, 9.17) is 0 Å². The van der Waals surface area contributed by atoms with E-state index in [2.05, 4.69) is 19.6 Å². The summed E-state index contributed by atoms with van der Waals surface area (Å²) in [5.74, 6) is -0.216. The molecule has 0 amide bonds. The molecule has 0 unspecified atom stereocenters. The lowest BCUT2D eigenvalue weighted by atomic mass is 10.1. The second-order valence-corrected chi connectivity index (χ2v) is 3.37. The van der Waals surface area contributed by atoms with Gasteiger partial charge in [-0.1, -0.05) is 19.4 Å². The summed E-state index contributed by atoms with van der Waals surface area (Å²) in [4.78, 5) is 0.426. The van der Waals surface area contributed by atoms with Crippen molar-refractivity contribution in [3.63, 3.8) is 0 Å². The molecule has 0 radical (unpaired) electrons. The average molecular weight is 184 g/mol. The van der Waals surface area contributed by atoms with Crippen LogP contribution in [0.25, 0.3) is 0 Å². The van der Waals surface area contributed by atoms with Gasteiger partial charge in [-0.15, -0.1) is 12.6 Å². The highest BCUT2D eigenvalue weighted by Crippen LogP contribution is 2.15. The third-order valence-corrected chi connectivity index (χ3v) is 2.19. The topological polar surface area (TPSA) is 0 Å². The molecule has 0 aliphatic heterocycles. The lowest BCUT2D eigenvalue weighted by Crippen LogP contribution is -1.86. The van der Waals surface area contributed by atoms with Gasteiger partial charge >= 0.3 is 0 Å². The van der Waals surface area contributed by atoms with E-state index in [0.717, 1.165) is 24.8 Å². The van der Waals surface area contributed by atoms with E-state index in [1.165, 1.54) is 0 Å². The maximum Gasteiger partial charge on any atom is 0.136 e. The Hall–Kier alpha value is -0.500. The molecule has 0 saturated heterocycles. The summed E-state index contributed by atoms with van der Waals surface area (Å²) in [7, 11) is 0. The van der Waals surface area contributed by atoms with Crippen molar-refractivity contribution in [1.82, 2.24) is 0 Å². The van der Waals surface area contributed by atoms with Crippen LogP contribution in [-0.4, -0.2) is 0 Å². The molecule has 0 nitrogen and oxygen atoms in total.